The molecule has 0 fully saturated rings. The number of benzene rings is 1. The molecule has 3 rings (SSSR count). The number of fused-ring (bicyclic) bond motifs is 1. The third-order valence-electron chi connectivity index (χ3n) is 3.41. The van der Waals surface area contributed by atoms with Gasteiger partial charge in [0.25, 0.3) is 0 Å². The monoisotopic (exact) mass is 283 g/mol. The molecule has 2 N–H and O–H groups in total. The average Bonchev–Trinajstić information content (AvgIpc) is 2.96. The maximum Gasteiger partial charge on any atom is 0.231 e. The highest BCUT2D eigenvalue weighted by Crippen LogP contribution is 2.33. The standard InChI is InChI=1S/C16H17N3O2/c20-16(13-11-21-14-6-2-1-5-12(13)14)19-10-9-18-15-7-3-4-8-17-15/h1-8,13H,9-11H2,(H,17,18)(H,19,20). The average molecular weight is 283 g/mol. The van der Waals surface area contributed by atoms with Gasteiger partial charge >= 0.3 is 0 Å². The van der Waals surface area contributed by atoms with Gasteiger partial charge in [-0.05, 0) is 18.2 Å². The molecule has 1 aromatic heterocycles. The van der Waals surface area contributed by atoms with E-state index in [1.807, 2.05) is 42.5 Å². The molecule has 5 nitrogen and oxygen atoms in total. The normalized spacial score (nSPS) is 15.9. The Kier molecular flexibility index (Phi) is 4.00. The van der Waals surface area contributed by atoms with E-state index in [-0.39, 0.29) is 11.8 Å². The molecule has 2 aromatic rings. The molecule has 1 aromatic carbocycles. The molecule has 1 aliphatic rings. The summed E-state index contributed by atoms with van der Waals surface area (Å²) in [4.78, 5) is 16.3. The van der Waals surface area contributed by atoms with E-state index in [1.54, 1.807) is 6.20 Å². The van der Waals surface area contributed by atoms with E-state index in [1.165, 1.54) is 0 Å². The fourth-order valence-electron chi connectivity index (χ4n) is 2.35. The predicted molar refractivity (Wildman–Crippen MR) is 80.4 cm³/mol. The fraction of sp³-hybridized carbons (Fsp3) is 0.250. The fourth-order valence-corrected chi connectivity index (χ4v) is 2.35. The highest BCUT2D eigenvalue weighted by molar-refractivity contribution is 5.85. The van der Waals surface area contributed by atoms with Crippen LogP contribution in [0, 0.1) is 0 Å². The lowest BCUT2D eigenvalue weighted by Crippen LogP contribution is -2.33. The number of pyridine rings is 1. The summed E-state index contributed by atoms with van der Waals surface area (Å²) in [6.07, 6.45) is 1.73. The van der Waals surface area contributed by atoms with Gasteiger partial charge in [-0.15, -0.1) is 0 Å². The number of hydrogen-bond donors (Lipinski definition) is 2. The topological polar surface area (TPSA) is 63.2 Å². The molecule has 1 aliphatic heterocycles. The van der Waals surface area contributed by atoms with Crippen molar-refractivity contribution >= 4 is 11.7 Å². The Labute approximate surface area is 123 Å². The van der Waals surface area contributed by atoms with Crippen LogP contribution < -0.4 is 15.4 Å². The molecule has 2 heterocycles. The van der Waals surface area contributed by atoms with Crippen molar-refractivity contribution < 1.29 is 9.53 Å². The van der Waals surface area contributed by atoms with E-state index in [4.69, 9.17) is 4.74 Å². The zero-order chi connectivity index (χ0) is 14.5. The number of para-hydroxylation sites is 1. The number of aromatic nitrogens is 1. The second kappa shape index (κ2) is 6.26. The van der Waals surface area contributed by atoms with Crippen LogP contribution in [-0.2, 0) is 4.79 Å². The maximum absolute atomic E-state index is 12.2. The lowest BCUT2D eigenvalue weighted by atomic mass is 10.0. The van der Waals surface area contributed by atoms with Gasteiger partial charge in [0.2, 0.25) is 5.91 Å². The minimum absolute atomic E-state index is 0.00257. The van der Waals surface area contributed by atoms with Gasteiger partial charge in [0, 0.05) is 24.8 Å². The van der Waals surface area contributed by atoms with Crippen molar-refractivity contribution in [3.63, 3.8) is 0 Å². The zero-order valence-corrected chi connectivity index (χ0v) is 11.6. The van der Waals surface area contributed by atoms with Gasteiger partial charge < -0.3 is 15.4 Å². The van der Waals surface area contributed by atoms with Crippen LogP contribution in [-0.4, -0.2) is 30.6 Å². The van der Waals surface area contributed by atoms with Crippen LogP contribution in [0.2, 0.25) is 0 Å². The summed E-state index contributed by atoms with van der Waals surface area (Å²) in [7, 11) is 0. The van der Waals surface area contributed by atoms with Gasteiger partial charge in [0.05, 0.1) is 0 Å². The molecule has 1 atom stereocenters. The van der Waals surface area contributed by atoms with E-state index in [2.05, 4.69) is 15.6 Å². The van der Waals surface area contributed by atoms with Crippen LogP contribution in [0.3, 0.4) is 0 Å². The van der Waals surface area contributed by atoms with Crippen molar-refractivity contribution in [3.8, 4) is 5.75 Å². The van der Waals surface area contributed by atoms with E-state index in [0.717, 1.165) is 17.1 Å². The third-order valence-corrected chi connectivity index (χ3v) is 3.41. The molecule has 0 saturated carbocycles. The maximum atomic E-state index is 12.2. The van der Waals surface area contributed by atoms with Crippen LogP contribution in [0.1, 0.15) is 11.5 Å². The smallest absolute Gasteiger partial charge is 0.231 e. The summed E-state index contributed by atoms with van der Waals surface area (Å²) in [5.74, 6) is 1.41. The van der Waals surface area contributed by atoms with Gasteiger partial charge in [-0.3, -0.25) is 4.79 Å². The number of carbonyl (C=O) groups excluding carboxylic acids is 1. The van der Waals surface area contributed by atoms with Crippen molar-refractivity contribution in [2.75, 3.05) is 25.0 Å². The molecule has 0 bridgehead atoms. The molecule has 1 amide bonds. The minimum Gasteiger partial charge on any atom is -0.492 e. The van der Waals surface area contributed by atoms with Crippen LogP contribution in [0.15, 0.2) is 48.7 Å². The number of rotatable bonds is 5. The van der Waals surface area contributed by atoms with E-state index >= 15 is 0 Å². The van der Waals surface area contributed by atoms with E-state index < -0.39 is 0 Å². The molecule has 21 heavy (non-hydrogen) atoms. The summed E-state index contributed by atoms with van der Waals surface area (Å²) < 4.78 is 5.52. The quantitative estimate of drug-likeness (QED) is 0.821. The lowest BCUT2D eigenvalue weighted by molar-refractivity contribution is -0.122. The molecule has 0 radical (unpaired) electrons. The first kappa shape index (κ1) is 13.4. The molecular weight excluding hydrogens is 266 g/mol. The Bertz CT molecular complexity index is 616. The number of ether oxygens (including phenoxy) is 1. The first-order valence-corrected chi connectivity index (χ1v) is 6.99. The summed E-state index contributed by atoms with van der Waals surface area (Å²) >= 11 is 0. The molecule has 5 heteroatoms. The van der Waals surface area contributed by atoms with Gasteiger partial charge in [-0.25, -0.2) is 4.98 Å². The Hall–Kier alpha value is -2.56. The first-order chi connectivity index (χ1) is 10.3. The molecule has 108 valence electrons. The second-order valence-corrected chi connectivity index (χ2v) is 4.83. The van der Waals surface area contributed by atoms with Crippen LogP contribution >= 0.6 is 0 Å². The summed E-state index contributed by atoms with van der Waals surface area (Å²) in [5.41, 5.74) is 0.965. The number of nitrogens with zero attached hydrogens (tertiary/aromatic N) is 1. The Morgan fingerprint density at radius 2 is 2.05 bits per heavy atom. The third kappa shape index (κ3) is 3.13. The summed E-state index contributed by atoms with van der Waals surface area (Å²) in [6.45, 7) is 1.60. The van der Waals surface area contributed by atoms with Crippen molar-refractivity contribution in [1.29, 1.82) is 0 Å². The molecular formula is C16H17N3O2. The van der Waals surface area contributed by atoms with Gasteiger partial charge in [0.15, 0.2) is 0 Å². The van der Waals surface area contributed by atoms with Crippen LogP contribution in [0.25, 0.3) is 0 Å². The number of amides is 1. The second-order valence-electron chi connectivity index (χ2n) is 4.83. The Morgan fingerprint density at radius 3 is 2.90 bits per heavy atom. The van der Waals surface area contributed by atoms with Gasteiger partial charge in [-0.1, -0.05) is 24.3 Å². The Morgan fingerprint density at radius 1 is 1.19 bits per heavy atom. The van der Waals surface area contributed by atoms with Gasteiger partial charge in [0.1, 0.15) is 24.1 Å². The number of anilines is 1. The first-order valence-electron chi connectivity index (χ1n) is 6.99. The Balaban J connectivity index is 1.47. The molecule has 0 saturated heterocycles. The van der Waals surface area contributed by atoms with Crippen molar-refractivity contribution in [1.82, 2.24) is 10.3 Å². The predicted octanol–water partition coefficient (Wildman–Crippen LogP) is 1.79. The van der Waals surface area contributed by atoms with Crippen molar-refractivity contribution in [2.45, 2.75) is 5.92 Å². The van der Waals surface area contributed by atoms with Crippen molar-refractivity contribution in [2.24, 2.45) is 0 Å². The van der Waals surface area contributed by atoms with E-state index in [9.17, 15) is 4.79 Å². The number of carbonyl (C=O) groups is 1. The minimum atomic E-state index is -0.212. The lowest BCUT2D eigenvalue weighted by Gasteiger charge is -2.11. The van der Waals surface area contributed by atoms with E-state index in [0.29, 0.717) is 19.7 Å². The molecule has 0 spiro atoms. The van der Waals surface area contributed by atoms with Gasteiger partial charge in [-0.2, -0.15) is 0 Å². The number of nitrogens with one attached hydrogen (secondary N) is 2. The zero-order valence-electron chi connectivity index (χ0n) is 11.6. The summed E-state index contributed by atoms with van der Waals surface area (Å²) in [6, 6.07) is 13.4. The van der Waals surface area contributed by atoms with Crippen molar-refractivity contribution in [3.05, 3.63) is 54.2 Å². The van der Waals surface area contributed by atoms with Crippen LogP contribution in [0.4, 0.5) is 5.82 Å². The SMILES string of the molecule is O=C(NCCNc1ccccn1)C1COc2ccccc21. The molecule has 1 unspecified atom stereocenters. The highest BCUT2D eigenvalue weighted by atomic mass is 16.5. The summed E-state index contributed by atoms with van der Waals surface area (Å²) in [5, 5.41) is 6.08. The number of hydrogen-bond acceptors (Lipinski definition) is 4. The largest absolute Gasteiger partial charge is 0.492 e. The highest BCUT2D eigenvalue weighted by Gasteiger charge is 2.29. The molecule has 0 aliphatic carbocycles. The van der Waals surface area contributed by atoms with Crippen LogP contribution in [0.5, 0.6) is 5.75 Å².